The molecular formula is C10H21N. The molecule has 0 spiro atoms. The van der Waals surface area contributed by atoms with E-state index in [1.54, 1.807) is 0 Å². The molecular weight excluding hydrogens is 134 g/mol. The molecule has 1 heteroatoms. The molecule has 2 atom stereocenters. The Hall–Kier alpha value is -0.0400. The first-order valence-electron chi connectivity index (χ1n) is 4.79. The van der Waals surface area contributed by atoms with Gasteiger partial charge in [0.25, 0.3) is 0 Å². The quantitative estimate of drug-likeness (QED) is 0.561. The number of likely N-dealkylation sites (tertiary alicyclic amines) is 1. The highest BCUT2D eigenvalue weighted by atomic mass is 15.1. The topological polar surface area (TPSA) is 3.24 Å². The zero-order valence-corrected chi connectivity index (χ0v) is 8.30. The molecule has 1 heterocycles. The van der Waals surface area contributed by atoms with Gasteiger partial charge in [0.05, 0.1) is 0 Å². The van der Waals surface area contributed by atoms with Gasteiger partial charge in [0.1, 0.15) is 0 Å². The molecule has 1 fully saturated rings. The van der Waals surface area contributed by atoms with E-state index in [9.17, 15) is 0 Å². The standard InChI is InChI=1S/C10H21N/c1-8(2)10-7-11(4)6-5-9(10)3/h8-10H,5-7H2,1-4H3. The monoisotopic (exact) mass is 155 g/mol. The first-order valence-corrected chi connectivity index (χ1v) is 4.79. The molecule has 0 aromatic rings. The SMILES string of the molecule is CC(C)C1CN(C)CCC1C. The minimum Gasteiger partial charge on any atom is -0.306 e. The fourth-order valence-corrected chi connectivity index (χ4v) is 2.14. The second-order valence-corrected chi connectivity index (χ2v) is 4.44. The Bertz CT molecular complexity index is 120. The summed E-state index contributed by atoms with van der Waals surface area (Å²) in [7, 11) is 2.24. The normalized spacial score (nSPS) is 34.6. The molecule has 2 unspecified atom stereocenters. The van der Waals surface area contributed by atoms with Crippen LogP contribution in [-0.4, -0.2) is 25.0 Å². The van der Waals surface area contributed by atoms with Gasteiger partial charge in [-0.1, -0.05) is 20.8 Å². The maximum atomic E-state index is 2.46. The predicted molar refractivity (Wildman–Crippen MR) is 49.6 cm³/mol. The molecule has 0 radical (unpaired) electrons. The lowest BCUT2D eigenvalue weighted by Crippen LogP contribution is -2.39. The molecule has 11 heavy (non-hydrogen) atoms. The van der Waals surface area contributed by atoms with Gasteiger partial charge in [-0.3, -0.25) is 0 Å². The van der Waals surface area contributed by atoms with Gasteiger partial charge in [0.15, 0.2) is 0 Å². The van der Waals surface area contributed by atoms with E-state index in [-0.39, 0.29) is 0 Å². The van der Waals surface area contributed by atoms with E-state index in [0.29, 0.717) is 0 Å². The molecule has 1 aliphatic rings. The van der Waals surface area contributed by atoms with E-state index >= 15 is 0 Å². The van der Waals surface area contributed by atoms with Crippen molar-refractivity contribution in [2.45, 2.75) is 27.2 Å². The van der Waals surface area contributed by atoms with Gasteiger partial charge in [-0.25, -0.2) is 0 Å². The minimum atomic E-state index is 0.854. The first kappa shape index (κ1) is 9.05. The van der Waals surface area contributed by atoms with Crippen LogP contribution in [0.3, 0.4) is 0 Å². The Morgan fingerprint density at radius 3 is 2.45 bits per heavy atom. The number of hydrogen-bond acceptors (Lipinski definition) is 1. The molecule has 1 nitrogen and oxygen atoms in total. The molecule has 0 saturated carbocycles. The highest BCUT2D eigenvalue weighted by Gasteiger charge is 2.26. The zero-order valence-electron chi connectivity index (χ0n) is 8.30. The van der Waals surface area contributed by atoms with Crippen molar-refractivity contribution in [3.05, 3.63) is 0 Å². The molecule has 1 aliphatic heterocycles. The average molecular weight is 155 g/mol. The molecule has 0 amide bonds. The van der Waals surface area contributed by atoms with Crippen molar-refractivity contribution in [3.63, 3.8) is 0 Å². The van der Waals surface area contributed by atoms with Crippen molar-refractivity contribution >= 4 is 0 Å². The zero-order chi connectivity index (χ0) is 8.43. The van der Waals surface area contributed by atoms with Gasteiger partial charge in [0.2, 0.25) is 0 Å². The Morgan fingerprint density at radius 2 is 2.00 bits per heavy atom. The van der Waals surface area contributed by atoms with Crippen molar-refractivity contribution in [1.29, 1.82) is 0 Å². The van der Waals surface area contributed by atoms with Gasteiger partial charge in [-0.2, -0.15) is 0 Å². The lowest BCUT2D eigenvalue weighted by atomic mass is 9.80. The fraction of sp³-hybridized carbons (Fsp3) is 1.00. The Balaban J connectivity index is 2.47. The number of rotatable bonds is 1. The van der Waals surface area contributed by atoms with E-state index in [1.165, 1.54) is 19.5 Å². The first-order chi connectivity index (χ1) is 5.11. The van der Waals surface area contributed by atoms with Crippen LogP contribution in [0.1, 0.15) is 27.2 Å². The van der Waals surface area contributed by atoms with Gasteiger partial charge >= 0.3 is 0 Å². The van der Waals surface area contributed by atoms with Crippen molar-refractivity contribution in [2.75, 3.05) is 20.1 Å². The lowest BCUT2D eigenvalue weighted by Gasteiger charge is -2.37. The number of hydrogen-bond donors (Lipinski definition) is 0. The van der Waals surface area contributed by atoms with Crippen molar-refractivity contribution in [3.8, 4) is 0 Å². The summed E-state index contributed by atoms with van der Waals surface area (Å²) >= 11 is 0. The molecule has 1 rings (SSSR count). The van der Waals surface area contributed by atoms with E-state index in [0.717, 1.165) is 17.8 Å². The lowest BCUT2D eigenvalue weighted by molar-refractivity contribution is 0.118. The summed E-state index contributed by atoms with van der Waals surface area (Å²) in [6.07, 6.45) is 1.39. The van der Waals surface area contributed by atoms with Crippen LogP contribution in [0.2, 0.25) is 0 Å². The summed E-state index contributed by atoms with van der Waals surface area (Å²) in [6.45, 7) is 9.70. The highest BCUT2D eigenvalue weighted by molar-refractivity contribution is 4.78. The van der Waals surface area contributed by atoms with Gasteiger partial charge in [-0.05, 0) is 37.8 Å². The summed E-state index contributed by atoms with van der Waals surface area (Å²) in [5.74, 6) is 2.72. The Kier molecular flexibility index (Phi) is 2.94. The van der Waals surface area contributed by atoms with Crippen molar-refractivity contribution < 1.29 is 0 Å². The Labute approximate surface area is 70.8 Å². The number of piperidine rings is 1. The molecule has 0 aromatic heterocycles. The van der Waals surface area contributed by atoms with E-state index in [1.807, 2.05) is 0 Å². The predicted octanol–water partition coefficient (Wildman–Crippen LogP) is 2.23. The third kappa shape index (κ3) is 2.19. The molecule has 0 bridgehead atoms. The molecule has 0 aliphatic carbocycles. The second-order valence-electron chi connectivity index (χ2n) is 4.44. The fourth-order valence-electron chi connectivity index (χ4n) is 2.14. The van der Waals surface area contributed by atoms with Gasteiger partial charge < -0.3 is 4.90 Å². The van der Waals surface area contributed by atoms with Gasteiger partial charge in [0, 0.05) is 6.54 Å². The summed E-state index contributed by atoms with van der Waals surface area (Å²) < 4.78 is 0. The summed E-state index contributed by atoms with van der Waals surface area (Å²) in [4.78, 5) is 2.46. The van der Waals surface area contributed by atoms with Crippen molar-refractivity contribution in [1.82, 2.24) is 4.90 Å². The second kappa shape index (κ2) is 3.57. The highest BCUT2D eigenvalue weighted by Crippen LogP contribution is 2.27. The van der Waals surface area contributed by atoms with E-state index in [2.05, 4.69) is 32.7 Å². The maximum Gasteiger partial charge on any atom is 0.00116 e. The molecule has 1 saturated heterocycles. The Morgan fingerprint density at radius 1 is 1.36 bits per heavy atom. The third-order valence-electron chi connectivity index (χ3n) is 3.08. The van der Waals surface area contributed by atoms with Gasteiger partial charge in [-0.15, -0.1) is 0 Å². The van der Waals surface area contributed by atoms with Crippen LogP contribution < -0.4 is 0 Å². The molecule has 0 aromatic carbocycles. The van der Waals surface area contributed by atoms with E-state index < -0.39 is 0 Å². The maximum absolute atomic E-state index is 2.46. The van der Waals surface area contributed by atoms with Crippen LogP contribution in [-0.2, 0) is 0 Å². The largest absolute Gasteiger partial charge is 0.306 e. The van der Waals surface area contributed by atoms with Crippen LogP contribution in [0.15, 0.2) is 0 Å². The van der Waals surface area contributed by atoms with Crippen LogP contribution in [0.25, 0.3) is 0 Å². The minimum absolute atomic E-state index is 0.854. The summed E-state index contributed by atoms with van der Waals surface area (Å²) in [5.41, 5.74) is 0. The molecule has 66 valence electrons. The van der Waals surface area contributed by atoms with Crippen LogP contribution in [0, 0.1) is 17.8 Å². The van der Waals surface area contributed by atoms with Crippen LogP contribution >= 0.6 is 0 Å². The summed E-state index contributed by atoms with van der Waals surface area (Å²) in [6, 6.07) is 0. The number of nitrogens with zero attached hydrogens (tertiary/aromatic N) is 1. The van der Waals surface area contributed by atoms with Crippen LogP contribution in [0.4, 0.5) is 0 Å². The van der Waals surface area contributed by atoms with Crippen molar-refractivity contribution in [2.24, 2.45) is 17.8 Å². The third-order valence-corrected chi connectivity index (χ3v) is 3.08. The van der Waals surface area contributed by atoms with E-state index in [4.69, 9.17) is 0 Å². The average Bonchev–Trinajstić information content (AvgIpc) is 1.94. The van der Waals surface area contributed by atoms with Crippen LogP contribution in [0.5, 0.6) is 0 Å². The summed E-state index contributed by atoms with van der Waals surface area (Å²) in [5, 5.41) is 0. The molecule has 0 N–H and O–H groups in total. The smallest absolute Gasteiger partial charge is 0.00116 e.